The van der Waals surface area contributed by atoms with Gasteiger partial charge in [0, 0.05) is 18.2 Å². The largest absolute Gasteiger partial charge is 0.482 e. The van der Waals surface area contributed by atoms with Gasteiger partial charge >= 0.3 is 5.97 Å². The fraction of sp³-hybridized carbons (Fsp3) is 0.500. The molecule has 2 unspecified atom stereocenters. The Labute approximate surface area is 169 Å². The Morgan fingerprint density at radius 3 is 2.64 bits per heavy atom. The van der Waals surface area contributed by atoms with Gasteiger partial charge in [0.05, 0.1) is 28.8 Å². The topological polar surface area (TPSA) is 129 Å². The predicted molar refractivity (Wildman–Crippen MR) is 104 cm³/mol. The minimum Gasteiger partial charge on any atom is -0.482 e. The number of nitrogens with one attached hydrogen (secondary N) is 2. The maximum absolute atomic E-state index is 12.5. The Bertz CT molecular complexity index is 893. The number of sulfone groups is 1. The number of hydrogen-bond donors (Lipinski definition) is 2. The average Bonchev–Trinajstić information content (AvgIpc) is 3.45. The highest BCUT2D eigenvalue weighted by molar-refractivity contribution is 7.90. The predicted octanol–water partition coefficient (Wildman–Crippen LogP) is 1.91. The zero-order valence-corrected chi connectivity index (χ0v) is 17.1. The first-order valence-corrected chi connectivity index (χ1v) is 11.1. The lowest BCUT2D eigenvalue weighted by Gasteiger charge is -2.28. The molecule has 1 aromatic carbocycles. The van der Waals surface area contributed by atoms with Gasteiger partial charge in [-0.1, -0.05) is 11.6 Å². The van der Waals surface area contributed by atoms with E-state index >= 15 is 0 Å². The Balaban J connectivity index is 2.33. The number of rotatable bonds is 10. The van der Waals surface area contributed by atoms with Crippen molar-refractivity contribution < 1.29 is 22.7 Å². The Morgan fingerprint density at radius 1 is 1.46 bits per heavy atom. The zero-order chi connectivity index (χ0) is 20.9. The van der Waals surface area contributed by atoms with Crippen molar-refractivity contribution >= 4 is 33.1 Å². The first kappa shape index (κ1) is 22.1. The molecule has 28 heavy (non-hydrogen) atoms. The van der Waals surface area contributed by atoms with Gasteiger partial charge in [0.1, 0.15) is 17.9 Å². The van der Waals surface area contributed by atoms with Gasteiger partial charge in [-0.15, -0.1) is 0 Å². The van der Waals surface area contributed by atoms with Crippen LogP contribution >= 0.6 is 11.6 Å². The van der Waals surface area contributed by atoms with Crippen LogP contribution in [0.1, 0.15) is 25.3 Å². The van der Waals surface area contributed by atoms with Crippen molar-refractivity contribution in [3.8, 4) is 11.8 Å². The second kappa shape index (κ2) is 9.37. The minimum absolute atomic E-state index is 0.0317. The van der Waals surface area contributed by atoms with Crippen LogP contribution in [0.5, 0.6) is 5.75 Å². The summed E-state index contributed by atoms with van der Waals surface area (Å²) in [5, 5.41) is 20.2. The first-order chi connectivity index (χ1) is 13.2. The van der Waals surface area contributed by atoms with E-state index in [2.05, 4.69) is 5.32 Å². The number of nitriles is 1. The number of carbonyl (C=O) groups is 1. The van der Waals surface area contributed by atoms with Gasteiger partial charge in [-0.05, 0) is 31.9 Å². The molecule has 0 radical (unpaired) electrons. The molecule has 0 heterocycles. The Morgan fingerprint density at radius 2 is 2.14 bits per heavy atom. The van der Waals surface area contributed by atoms with Gasteiger partial charge in [-0.2, -0.15) is 5.26 Å². The molecule has 8 nitrogen and oxygen atoms in total. The second-order valence-corrected chi connectivity index (χ2v) is 9.07. The van der Waals surface area contributed by atoms with Crippen molar-refractivity contribution in [1.82, 2.24) is 5.32 Å². The van der Waals surface area contributed by atoms with E-state index in [9.17, 15) is 13.2 Å². The number of carbonyl (C=O) groups excluding carboxylic acids is 1. The summed E-state index contributed by atoms with van der Waals surface area (Å²) in [6.45, 7) is 1.73. The molecule has 2 N–H and O–H groups in total. The van der Waals surface area contributed by atoms with Crippen molar-refractivity contribution in [1.29, 1.82) is 10.7 Å². The van der Waals surface area contributed by atoms with E-state index in [1.165, 1.54) is 18.2 Å². The Kier molecular flexibility index (Phi) is 7.41. The standard InChI is InChI=1S/C18H22ClN3O5S/c1-3-26-18(23)16(22-10-28(2,24)25)17(15(21)11-4-5-11)27-13-7-6-12(9-20)14(19)8-13/h6-8,11,16-17,21-22H,3-5,10H2,1-2H3. The van der Waals surface area contributed by atoms with Crippen molar-refractivity contribution in [3.63, 3.8) is 0 Å². The van der Waals surface area contributed by atoms with E-state index in [1.54, 1.807) is 6.92 Å². The fourth-order valence-corrected chi connectivity index (χ4v) is 3.23. The third kappa shape index (κ3) is 6.19. The van der Waals surface area contributed by atoms with Gasteiger partial charge in [-0.25, -0.2) is 8.42 Å². The number of ether oxygens (including phenoxy) is 2. The molecular formula is C18H22ClN3O5S. The fourth-order valence-electron chi connectivity index (χ4n) is 2.53. The van der Waals surface area contributed by atoms with Crippen LogP contribution in [-0.2, 0) is 19.4 Å². The molecular weight excluding hydrogens is 406 g/mol. The molecule has 1 aliphatic carbocycles. The summed E-state index contributed by atoms with van der Waals surface area (Å²) < 4.78 is 34.1. The number of hydrogen-bond acceptors (Lipinski definition) is 8. The molecule has 2 rings (SSSR count). The molecule has 0 saturated heterocycles. The number of halogens is 1. The lowest BCUT2D eigenvalue weighted by Crippen LogP contribution is -2.54. The van der Waals surface area contributed by atoms with Crippen LogP contribution in [0.4, 0.5) is 0 Å². The number of esters is 1. The highest BCUT2D eigenvalue weighted by Gasteiger charge is 2.41. The van der Waals surface area contributed by atoms with Crippen LogP contribution in [0.25, 0.3) is 0 Å². The first-order valence-electron chi connectivity index (χ1n) is 8.68. The maximum Gasteiger partial charge on any atom is 0.327 e. The normalized spacial score (nSPS) is 15.9. The number of benzene rings is 1. The average molecular weight is 428 g/mol. The molecule has 0 aliphatic heterocycles. The van der Waals surface area contributed by atoms with Crippen molar-refractivity contribution in [3.05, 3.63) is 28.8 Å². The SMILES string of the molecule is CCOC(=O)C(NCS(C)(=O)=O)C(Oc1ccc(C#N)c(Cl)c1)C(=N)C1CC1. The molecule has 1 aromatic rings. The zero-order valence-electron chi connectivity index (χ0n) is 15.6. The van der Waals surface area contributed by atoms with Gasteiger partial charge in [0.2, 0.25) is 0 Å². The molecule has 0 amide bonds. The molecule has 0 aromatic heterocycles. The van der Waals surface area contributed by atoms with Crippen LogP contribution in [-0.4, -0.2) is 51.0 Å². The monoisotopic (exact) mass is 427 g/mol. The van der Waals surface area contributed by atoms with Crippen molar-refractivity contribution in [2.75, 3.05) is 18.7 Å². The van der Waals surface area contributed by atoms with Crippen molar-refractivity contribution in [2.24, 2.45) is 5.92 Å². The summed E-state index contributed by atoms with van der Waals surface area (Å²) in [4.78, 5) is 12.5. The second-order valence-electron chi connectivity index (χ2n) is 6.53. The molecule has 1 aliphatic rings. The van der Waals surface area contributed by atoms with Crippen LogP contribution < -0.4 is 10.1 Å². The molecule has 2 atom stereocenters. The van der Waals surface area contributed by atoms with Gasteiger partial charge < -0.3 is 14.9 Å². The summed E-state index contributed by atoms with van der Waals surface area (Å²) in [6.07, 6.45) is 1.56. The summed E-state index contributed by atoms with van der Waals surface area (Å²) in [5.74, 6) is -0.949. The molecule has 0 bridgehead atoms. The van der Waals surface area contributed by atoms with Crippen LogP contribution in [0.2, 0.25) is 5.02 Å². The third-order valence-corrected chi connectivity index (χ3v) is 5.06. The summed E-state index contributed by atoms with van der Waals surface area (Å²) >= 11 is 6.04. The van der Waals surface area contributed by atoms with Crippen LogP contribution in [0.15, 0.2) is 18.2 Å². The number of nitrogens with zero attached hydrogens (tertiary/aromatic N) is 1. The summed E-state index contributed by atoms with van der Waals surface area (Å²) in [5.41, 5.74) is 0.444. The molecule has 0 spiro atoms. The summed E-state index contributed by atoms with van der Waals surface area (Å²) in [6, 6.07) is 5.16. The van der Waals surface area contributed by atoms with E-state index in [0.29, 0.717) is 0 Å². The Hall–Kier alpha value is -2.15. The molecule has 152 valence electrons. The van der Waals surface area contributed by atoms with Crippen LogP contribution in [0, 0.1) is 22.7 Å². The van der Waals surface area contributed by atoms with E-state index in [4.69, 9.17) is 31.7 Å². The van der Waals surface area contributed by atoms with E-state index < -0.39 is 33.8 Å². The highest BCUT2D eigenvalue weighted by atomic mass is 35.5. The maximum atomic E-state index is 12.5. The smallest absolute Gasteiger partial charge is 0.327 e. The third-order valence-electron chi connectivity index (χ3n) is 4.06. The van der Waals surface area contributed by atoms with Crippen LogP contribution in [0.3, 0.4) is 0 Å². The van der Waals surface area contributed by atoms with Crippen molar-refractivity contribution in [2.45, 2.75) is 31.9 Å². The van der Waals surface area contributed by atoms with Gasteiger partial charge in [0.15, 0.2) is 15.9 Å². The van der Waals surface area contributed by atoms with Gasteiger partial charge in [0.25, 0.3) is 0 Å². The molecule has 1 saturated carbocycles. The quantitative estimate of drug-likeness (QED) is 0.431. The minimum atomic E-state index is -3.42. The molecule has 10 heteroatoms. The highest BCUT2D eigenvalue weighted by Crippen LogP contribution is 2.33. The summed E-state index contributed by atoms with van der Waals surface area (Å²) in [7, 11) is -3.42. The lowest BCUT2D eigenvalue weighted by atomic mass is 10.0. The molecule has 1 fully saturated rings. The van der Waals surface area contributed by atoms with E-state index in [-0.39, 0.29) is 34.6 Å². The van der Waals surface area contributed by atoms with E-state index in [0.717, 1.165) is 19.1 Å². The van der Waals surface area contributed by atoms with Gasteiger partial charge in [-0.3, -0.25) is 10.1 Å². The van der Waals surface area contributed by atoms with E-state index in [1.807, 2.05) is 6.07 Å². The lowest BCUT2D eigenvalue weighted by molar-refractivity contribution is -0.147.